The van der Waals surface area contributed by atoms with E-state index in [4.69, 9.17) is 21.1 Å². The lowest BCUT2D eigenvalue weighted by Crippen LogP contribution is -2.68. The van der Waals surface area contributed by atoms with Gasteiger partial charge in [-0.2, -0.15) is 17.1 Å². The predicted molar refractivity (Wildman–Crippen MR) is 105 cm³/mol. The van der Waals surface area contributed by atoms with Gasteiger partial charge in [0.1, 0.15) is 14.1 Å². The van der Waals surface area contributed by atoms with E-state index in [0.29, 0.717) is 19.0 Å². The zero-order valence-electron chi connectivity index (χ0n) is 16.2. The first-order chi connectivity index (χ1) is 11.7. The molecule has 0 aliphatic carbocycles. The van der Waals surface area contributed by atoms with Gasteiger partial charge >= 0.3 is 6.15 Å². The highest BCUT2D eigenvalue weighted by Gasteiger charge is 2.58. The summed E-state index contributed by atoms with van der Waals surface area (Å²) in [4.78, 5) is 0. The number of rotatable bonds is 4. The Morgan fingerprint density at radius 2 is 1.36 bits per heavy atom. The van der Waals surface area contributed by atoms with Crippen LogP contribution in [0.1, 0.15) is 27.7 Å². The van der Waals surface area contributed by atoms with Crippen LogP contribution in [0.2, 0.25) is 0 Å². The minimum absolute atomic E-state index is 0.0730. The fraction of sp³-hybridized carbons (Fsp3) is 0.579. The smallest absolute Gasteiger partial charge is 0.330 e. The van der Waals surface area contributed by atoms with Gasteiger partial charge in [-0.15, -0.1) is 0 Å². The molecule has 0 amide bonds. The van der Waals surface area contributed by atoms with Crippen molar-refractivity contribution in [1.82, 2.24) is 0 Å². The average Bonchev–Trinajstić information content (AvgIpc) is 3.01. The number of halogens is 1. The maximum atomic E-state index is 6.71. The first-order valence-electron chi connectivity index (χ1n) is 8.93. The van der Waals surface area contributed by atoms with Crippen molar-refractivity contribution in [3.05, 3.63) is 30.3 Å². The van der Waals surface area contributed by atoms with Crippen molar-refractivity contribution >= 4 is 34.8 Å². The highest BCUT2D eigenvalue weighted by Crippen LogP contribution is 2.27. The molecule has 0 bridgehead atoms. The molecule has 1 aromatic rings. The lowest BCUT2D eigenvalue weighted by molar-refractivity contribution is -0.563. The molecule has 3 rings (SSSR count). The van der Waals surface area contributed by atoms with E-state index in [9.17, 15) is 0 Å². The molecule has 2 aliphatic heterocycles. The fourth-order valence-corrected chi connectivity index (χ4v) is 4.27. The third-order valence-electron chi connectivity index (χ3n) is 6.07. The minimum atomic E-state index is -1.51. The Kier molecular flexibility index (Phi) is 4.43. The van der Waals surface area contributed by atoms with Gasteiger partial charge in [0.05, 0.1) is 0 Å². The van der Waals surface area contributed by atoms with Gasteiger partial charge in [-0.1, -0.05) is 36.1 Å². The maximum absolute atomic E-state index is 6.71. The summed E-state index contributed by atoms with van der Waals surface area (Å²) in [5, 5.41) is 0. The van der Waals surface area contributed by atoms with E-state index < -0.39 is 6.15 Å². The molecule has 0 aromatic heterocycles. The Hall–Kier alpha value is -1.49. The predicted octanol–water partition coefficient (Wildman–Crippen LogP) is 1.90. The van der Waals surface area contributed by atoms with Gasteiger partial charge in [0.2, 0.25) is 0 Å². The molecule has 25 heavy (non-hydrogen) atoms. The van der Waals surface area contributed by atoms with Crippen LogP contribution in [0.15, 0.2) is 30.3 Å². The molecule has 0 N–H and O–H groups in total. The first-order valence-corrected chi connectivity index (χ1v) is 9.47. The van der Waals surface area contributed by atoms with E-state index in [1.807, 2.05) is 6.07 Å². The van der Waals surface area contributed by atoms with Crippen molar-refractivity contribution in [2.75, 3.05) is 33.1 Å². The monoisotopic (exact) mass is 363 g/mol. The summed E-state index contributed by atoms with van der Waals surface area (Å²) in [5.74, 6) is 2.26. The largest absolute Gasteiger partial charge is 0.472 e. The highest BCUT2D eigenvalue weighted by atomic mass is 35.5. The van der Waals surface area contributed by atoms with Crippen LogP contribution in [0.3, 0.4) is 0 Å². The number of nitrogens with zero attached hydrogens (tertiary/aromatic N) is 2. The molecule has 0 saturated heterocycles. The summed E-state index contributed by atoms with van der Waals surface area (Å²) in [6.07, 6.45) is -1.51. The molecule has 0 unspecified atom stereocenters. The van der Waals surface area contributed by atoms with E-state index in [1.165, 1.54) is 0 Å². The topological polar surface area (TPSA) is 24.5 Å². The van der Waals surface area contributed by atoms with E-state index in [2.05, 4.69) is 75.2 Å². The summed E-state index contributed by atoms with van der Waals surface area (Å²) in [6.45, 7) is 10.0. The van der Waals surface area contributed by atoms with E-state index in [1.54, 1.807) is 0 Å². The standard InChI is InChI=1S/C19H29BClN2O2/c1-18(2)12-24-16(22(18)5)20(14-21,15-10-8-7-9-11-15)17-23(6)19(3,4)13-25-17/h7-11H,12-14H2,1-6H3/q+1. The van der Waals surface area contributed by atoms with Crippen LogP contribution in [-0.2, 0) is 9.47 Å². The fourth-order valence-electron chi connectivity index (χ4n) is 3.82. The zero-order valence-corrected chi connectivity index (χ0v) is 16.9. The van der Waals surface area contributed by atoms with Gasteiger partial charge in [-0.3, -0.25) is 0 Å². The second kappa shape index (κ2) is 6.05. The van der Waals surface area contributed by atoms with Crippen LogP contribution in [0.5, 0.6) is 0 Å². The zero-order chi connectivity index (χ0) is 18.5. The highest BCUT2D eigenvalue weighted by molar-refractivity contribution is 7.32. The Balaban J connectivity index is 2.31. The lowest BCUT2D eigenvalue weighted by Gasteiger charge is -2.32. The number of alkyl halides is 1. The van der Waals surface area contributed by atoms with Gasteiger partial charge in [0.15, 0.2) is 35.9 Å². The summed E-state index contributed by atoms with van der Waals surface area (Å²) < 4.78 is 17.0. The Morgan fingerprint density at radius 3 is 1.68 bits per heavy atom. The van der Waals surface area contributed by atoms with Crippen molar-refractivity contribution in [2.45, 2.75) is 38.8 Å². The number of ether oxygens (including phenoxy) is 2. The molecule has 0 atom stereocenters. The van der Waals surface area contributed by atoms with Gasteiger partial charge in [-0.05, 0) is 0 Å². The SMILES string of the molecule is C[N+]1=C([B-](CCl)(C2=[N+](C)C(C)(C)CO2)c2ccccc2)OCC1(C)C. The molecule has 0 radical (unpaired) electrons. The van der Waals surface area contributed by atoms with Crippen LogP contribution in [-0.4, -0.2) is 71.1 Å². The minimum Gasteiger partial charge on any atom is -0.472 e. The summed E-state index contributed by atoms with van der Waals surface area (Å²) in [7, 11) is 4.18. The quantitative estimate of drug-likeness (QED) is 0.464. The Labute approximate surface area is 156 Å². The van der Waals surface area contributed by atoms with Crippen LogP contribution >= 0.6 is 11.6 Å². The summed E-state index contributed by atoms with van der Waals surface area (Å²) in [6, 6.07) is 10.4. The van der Waals surface area contributed by atoms with Crippen LogP contribution < -0.4 is 5.46 Å². The molecule has 2 aliphatic rings. The van der Waals surface area contributed by atoms with Crippen molar-refractivity contribution < 1.29 is 18.6 Å². The normalized spacial score (nSPS) is 22.2. The van der Waals surface area contributed by atoms with Crippen LogP contribution in [0, 0.1) is 0 Å². The van der Waals surface area contributed by atoms with Crippen LogP contribution in [0.4, 0.5) is 0 Å². The second-order valence-electron chi connectivity index (χ2n) is 8.61. The van der Waals surface area contributed by atoms with E-state index in [-0.39, 0.29) is 11.1 Å². The van der Waals surface area contributed by atoms with Crippen molar-refractivity contribution in [1.29, 1.82) is 0 Å². The second-order valence-corrected chi connectivity index (χ2v) is 8.92. The van der Waals surface area contributed by atoms with Crippen molar-refractivity contribution in [3.8, 4) is 0 Å². The third kappa shape index (κ3) is 2.68. The maximum Gasteiger partial charge on any atom is 0.330 e. The van der Waals surface area contributed by atoms with Gasteiger partial charge < -0.3 is 9.47 Å². The van der Waals surface area contributed by atoms with Crippen molar-refractivity contribution in [3.63, 3.8) is 0 Å². The van der Waals surface area contributed by atoms with Crippen LogP contribution in [0.25, 0.3) is 0 Å². The third-order valence-corrected chi connectivity index (χ3v) is 6.53. The molecular weight excluding hydrogens is 334 g/mol. The van der Waals surface area contributed by atoms with E-state index in [0.717, 1.165) is 17.1 Å². The number of hydrogen-bond acceptors (Lipinski definition) is 2. The molecule has 4 nitrogen and oxygen atoms in total. The Morgan fingerprint density at radius 1 is 0.920 bits per heavy atom. The number of likely N-dealkylation sites (N-methyl/N-ethyl adjacent to an activating group) is 2. The van der Waals surface area contributed by atoms with Gasteiger partial charge in [0.25, 0.3) is 0 Å². The number of benzene rings is 1. The molecule has 136 valence electrons. The summed E-state index contributed by atoms with van der Waals surface area (Å²) >= 11 is 6.71. The molecule has 6 heteroatoms. The van der Waals surface area contributed by atoms with Gasteiger partial charge in [0, 0.05) is 27.7 Å². The molecule has 0 saturated carbocycles. The van der Waals surface area contributed by atoms with E-state index >= 15 is 0 Å². The molecule has 0 fully saturated rings. The van der Waals surface area contributed by atoms with Crippen molar-refractivity contribution in [2.24, 2.45) is 0 Å². The molecule has 2 heterocycles. The first kappa shape index (κ1) is 18.3. The average molecular weight is 364 g/mol. The van der Waals surface area contributed by atoms with Gasteiger partial charge in [-0.25, -0.2) is 9.15 Å². The lowest BCUT2D eigenvalue weighted by atomic mass is 9.22. The molecule has 1 aromatic carbocycles. The number of hydrogen-bond donors (Lipinski definition) is 0. The molecular formula is C19H29BClN2O2+. The Bertz CT molecular complexity index is 701. The summed E-state index contributed by atoms with van der Waals surface area (Å²) in [5.41, 5.74) is 1.00. The molecule has 0 spiro atoms.